The largest absolute Gasteiger partial charge is 0.368 e. The van der Waals surface area contributed by atoms with Gasteiger partial charge in [-0.1, -0.05) is 13.8 Å². The van der Waals surface area contributed by atoms with E-state index in [1.54, 1.807) is 0 Å². The normalized spacial score (nSPS) is 24.2. The Hall–Kier alpha value is -1.67. The van der Waals surface area contributed by atoms with E-state index in [1.165, 1.54) is 0 Å². The summed E-state index contributed by atoms with van der Waals surface area (Å²) in [5, 5.41) is 0. The maximum Gasteiger partial charge on any atom is 0.232 e. The lowest BCUT2D eigenvalue weighted by Crippen LogP contribution is -2.64. The molecule has 0 bridgehead atoms. The van der Waals surface area contributed by atoms with Gasteiger partial charge in [-0.2, -0.15) is 15.0 Å². The zero-order valence-corrected chi connectivity index (χ0v) is 26.0. The summed E-state index contributed by atoms with van der Waals surface area (Å²) in [4.78, 5) is 24.5. The molecule has 1 aromatic heterocycles. The predicted octanol–water partition coefficient (Wildman–Crippen LogP) is 5.19. The average Bonchev–Trinajstić information content (AvgIpc) is 2.71. The minimum atomic E-state index is 0.0931. The molecule has 0 radical (unpaired) electrons. The highest BCUT2D eigenvalue weighted by molar-refractivity contribution is 5.45. The predicted molar refractivity (Wildman–Crippen MR) is 157 cm³/mol. The van der Waals surface area contributed by atoms with Crippen LogP contribution < -0.4 is 15.5 Å². The Bertz CT molecular complexity index is 818. The Kier molecular flexibility index (Phi) is 8.46. The third-order valence-corrected chi connectivity index (χ3v) is 9.20. The fourth-order valence-electron chi connectivity index (χ4n) is 8.44. The van der Waals surface area contributed by atoms with E-state index in [-0.39, 0.29) is 22.2 Å². The molecule has 1 aromatic rings. The van der Waals surface area contributed by atoms with E-state index in [2.05, 4.69) is 103 Å². The zero-order valence-electron chi connectivity index (χ0n) is 26.0. The van der Waals surface area contributed by atoms with Crippen LogP contribution in [0, 0.1) is 0 Å². The van der Waals surface area contributed by atoms with Gasteiger partial charge < -0.3 is 15.5 Å². The Morgan fingerprint density at radius 1 is 0.622 bits per heavy atom. The number of rotatable bonds is 8. The lowest BCUT2D eigenvalue weighted by molar-refractivity contribution is -0.0315. The van der Waals surface area contributed by atoms with Gasteiger partial charge in [-0.05, 0) is 108 Å². The molecule has 0 aliphatic carbocycles. The fraction of sp³-hybridized carbons (Fsp3) is 0.897. The van der Waals surface area contributed by atoms with Crippen LogP contribution in [-0.4, -0.2) is 85.2 Å². The maximum absolute atomic E-state index is 6.37. The van der Waals surface area contributed by atoms with Crippen LogP contribution in [0.1, 0.15) is 109 Å². The number of hydrogen-bond donors (Lipinski definition) is 1. The number of likely N-dealkylation sites (tertiary alicyclic amines) is 2. The minimum Gasteiger partial charge on any atom is -0.368 e. The second-order valence-corrected chi connectivity index (χ2v) is 13.7. The van der Waals surface area contributed by atoms with Gasteiger partial charge in [0.15, 0.2) is 0 Å². The smallest absolute Gasteiger partial charge is 0.232 e. The van der Waals surface area contributed by atoms with Crippen LogP contribution in [0.2, 0.25) is 0 Å². The van der Waals surface area contributed by atoms with Gasteiger partial charge in [0.1, 0.15) is 0 Å². The Labute approximate surface area is 227 Å². The van der Waals surface area contributed by atoms with Crippen molar-refractivity contribution in [1.29, 1.82) is 0 Å². The number of nitrogens with two attached hydrogens (primary N) is 1. The van der Waals surface area contributed by atoms with E-state index >= 15 is 0 Å². The molecule has 37 heavy (non-hydrogen) atoms. The number of aromatic nitrogens is 3. The number of nitrogen functional groups attached to an aromatic ring is 1. The van der Waals surface area contributed by atoms with Gasteiger partial charge in [0.05, 0.1) is 0 Å². The van der Waals surface area contributed by atoms with E-state index in [0.29, 0.717) is 18.0 Å². The number of hydrogen-bond acceptors (Lipinski definition) is 8. The molecule has 2 aliphatic rings. The van der Waals surface area contributed by atoms with Crippen LogP contribution in [0.25, 0.3) is 0 Å². The number of piperidine rings is 2. The molecule has 2 saturated heterocycles. The molecule has 0 amide bonds. The molecule has 0 saturated carbocycles. The monoisotopic (exact) mass is 516 g/mol. The lowest BCUT2D eigenvalue weighted by atomic mass is 9.76. The molecule has 3 rings (SSSR count). The van der Waals surface area contributed by atoms with Gasteiger partial charge in [-0.3, -0.25) is 9.80 Å². The third-order valence-electron chi connectivity index (χ3n) is 9.20. The first-order valence-corrected chi connectivity index (χ1v) is 14.6. The summed E-state index contributed by atoms with van der Waals surface area (Å²) >= 11 is 0. The van der Waals surface area contributed by atoms with E-state index in [1.807, 2.05) is 0 Å². The topological polar surface area (TPSA) is 77.7 Å². The summed E-state index contributed by atoms with van der Waals surface area (Å²) in [6.45, 7) is 31.7. The van der Waals surface area contributed by atoms with Crippen molar-refractivity contribution in [1.82, 2.24) is 24.8 Å². The SMILES string of the molecule is CCN(c1nc(N)nc(N(CC)C2CC(C)(C)N(CC)C(C)(C)C2)n1)C1CC(C)(C)N(CC)C(C)(C)C1. The van der Waals surface area contributed by atoms with Gasteiger partial charge in [0.25, 0.3) is 0 Å². The third kappa shape index (κ3) is 5.85. The molecule has 212 valence electrons. The summed E-state index contributed by atoms with van der Waals surface area (Å²) in [7, 11) is 0. The van der Waals surface area contributed by atoms with Crippen LogP contribution in [0.15, 0.2) is 0 Å². The standard InChI is InChI=1S/C29H56N8/c1-13-34(21-17-26(5,6)36(15-3)27(7,8)18-21)24-31-23(30)32-25(33-24)35(14-2)22-19-28(9,10)37(16-4)29(11,12)20-22/h21-22H,13-20H2,1-12H3,(H2,30,31,32,33). The second-order valence-electron chi connectivity index (χ2n) is 13.7. The van der Waals surface area contributed by atoms with Gasteiger partial charge in [-0.25, -0.2) is 0 Å². The van der Waals surface area contributed by atoms with E-state index < -0.39 is 0 Å². The fourth-order valence-corrected chi connectivity index (χ4v) is 8.44. The zero-order chi connectivity index (χ0) is 28.0. The van der Waals surface area contributed by atoms with E-state index in [0.717, 1.165) is 63.8 Å². The molecule has 0 aromatic carbocycles. The molecule has 2 N–H and O–H groups in total. The summed E-state index contributed by atoms with van der Waals surface area (Å²) in [6, 6.07) is 0.682. The van der Waals surface area contributed by atoms with Crippen molar-refractivity contribution >= 4 is 17.8 Å². The molecule has 0 atom stereocenters. The quantitative estimate of drug-likeness (QED) is 0.506. The van der Waals surface area contributed by atoms with Gasteiger partial charge in [0.2, 0.25) is 17.8 Å². The van der Waals surface area contributed by atoms with Crippen molar-refractivity contribution < 1.29 is 0 Å². The van der Waals surface area contributed by atoms with Crippen molar-refractivity contribution in [3.05, 3.63) is 0 Å². The first kappa shape index (κ1) is 29.9. The summed E-state index contributed by atoms with van der Waals surface area (Å²) in [5.41, 5.74) is 6.74. The van der Waals surface area contributed by atoms with Crippen LogP contribution >= 0.6 is 0 Å². The molecule has 3 heterocycles. The first-order chi connectivity index (χ1) is 17.0. The first-order valence-electron chi connectivity index (χ1n) is 14.6. The maximum atomic E-state index is 6.37. The highest BCUT2D eigenvalue weighted by atomic mass is 15.4. The second kappa shape index (κ2) is 10.5. The van der Waals surface area contributed by atoms with Crippen LogP contribution in [0.5, 0.6) is 0 Å². The summed E-state index contributed by atoms with van der Waals surface area (Å²) < 4.78 is 0. The van der Waals surface area contributed by atoms with Crippen molar-refractivity contribution in [3.8, 4) is 0 Å². The highest BCUT2D eigenvalue weighted by Gasteiger charge is 2.48. The summed E-state index contributed by atoms with van der Waals surface area (Å²) in [6.07, 6.45) is 4.26. The average molecular weight is 517 g/mol. The van der Waals surface area contributed by atoms with Crippen molar-refractivity contribution in [2.24, 2.45) is 0 Å². The van der Waals surface area contributed by atoms with Crippen molar-refractivity contribution in [2.45, 2.75) is 143 Å². The van der Waals surface area contributed by atoms with Crippen LogP contribution in [-0.2, 0) is 0 Å². The van der Waals surface area contributed by atoms with E-state index in [4.69, 9.17) is 20.7 Å². The number of nitrogens with zero attached hydrogens (tertiary/aromatic N) is 7. The van der Waals surface area contributed by atoms with Crippen molar-refractivity contribution in [3.63, 3.8) is 0 Å². The Morgan fingerprint density at radius 2 is 0.919 bits per heavy atom. The molecule has 0 spiro atoms. The van der Waals surface area contributed by atoms with E-state index in [9.17, 15) is 0 Å². The summed E-state index contributed by atoms with van der Waals surface area (Å²) in [5.74, 6) is 1.75. The van der Waals surface area contributed by atoms with Gasteiger partial charge >= 0.3 is 0 Å². The van der Waals surface area contributed by atoms with Gasteiger partial charge in [-0.15, -0.1) is 0 Å². The molecule has 2 fully saturated rings. The Morgan fingerprint density at radius 3 is 1.16 bits per heavy atom. The highest BCUT2D eigenvalue weighted by Crippen LogP contribution is 2.42. The molecular formula is C29H56N8. The molecule has 8 nitrogen and oxygen atoms in total. The molecule has 8 heteroatoms. The molecule has 0 unspecified atom stereocenters. The van der Waals surface area contributed by atoms with Crippen LogP contribution in [0.3, 0.4) is 0 Å². The molecular weight excluding hydrogens is 460 g/mol. The molecule has 2 aliphatic heterocycles. The van der Waals surface area contributed by atoms with Gasteiger partial charge in [0, 0.05) is 47.3 Å². The van der Waals surface area contributed by atoms with Crippen LogP contribution in [0.4, 0.5) is 17.8 Å². The van der Waals surface area contributed by atoms with Crippen molar-refractivity contribution in [2.75, 3.05) is 41.7 Å². The Balaban J connectivity index is 1.96. The number of anilines is 3. The lowest BCUT2D eigenvalue weighted by Gasteiger charge is -2.57. The minimum absolute atomic E-state index is 0.0931.